The third kappa shape index (κ3) is 4.22. The van der Waals surface area contributed by atoms with Gasteiger partial charge in [0.05, 0.1) is 0 Å². The highest BCUT2D eigenvalue weighted by Crippen LogP contribution is 2.23. The van der Waals surface area contributed by atoms with Crippen molar-refractivity contribution in [2.75, 3.05) is 0 Å². The van der Waals surface area contributed by atoms with E-state index in [1.54, 1.807) is 0 Å². The molecule has 89 valence electrons. The minimum atomic E-state index is 1.13. The maximum absolute atomic E-state index is 3.62. The maximum Gasteiger partial charge on any atom is -0.0222 e. The van der Waals surface area contributed by atoms with Gasteiger partial charge in [0.2, 0.25) is 0 Å². The minimum absolute atomic E-state index is 1.13. The normalized spacial score (nSPS) is 33.4. The van der Waals surface area contributed by atoms with Crippen molar-refractivity contribution in [2.45, 2.75) is 44.9 Å². The van der Waals surface area contributed by atoms with Gasteiger partial charge in [0.25, 0.3) is 0 Å². The van der Waals surface area contributed by atoms with Crippen LogP contribution in [0.15, 0.2) is 53.7 Å². The fourth-order valence-electron chi connectivity index (χ4n) is 2.30. The Kier molecular flexibility index (Phi) is 5.09. The van der Waals surface area contributed by atoms with E-state index in [1.165, 1.54) is 49.7 Å². The Balaban J connectivity index is 2.12. The highest BCUT2D eigenvalue weighted by molar-refractivity contribution is 5.43. The van der Waals surface area contributed by atoms with Gasteiger partial charge in [-0.2, -0.15) is 0 Å². The van der Waals surface area contributed by atoms with E-state index in [0.717, 1.165) is 6.42 Å². The predicted octanol–water partition coefficient (Wildman–Crippen LogP) is 5.07. The molecule has 0 heterocycles. The SMILES string of the molecule is [C]1=C(C2=C\C=C/C=C/C=C\2)\CCCCCCC/1. The van der Waals surface area contributed by atoms with Gasteiger partial charge >= 0.3 is 0 Å². The fraction of sp³-hybridized carbons (Fsp3) is 0.412. The van der Waals surface area contributed by atoms with Crippen molar-refractivity contribution >= 4 is 0 Å². The molecule has 0 amide bonds. The molecule has 0 saturated heterocycles. The summed E-state index contributed by atoms with van der Waals surface area (Å²) in [5, 5.41) is 0. The van der Waals surface area contributed by atoms with E-state index in [2.05, 4.69) is 48.6 Å². The van der Waals surface area contributed by atoms with Crippen LogP contribution in [0.3, 0.4) is 0 Å². The summed E-state index contributed by atoms with van der Waals surface area (Å²) in [6, 6.07) is 0. The van der Waals surface area contributed by atoms with Crippen LogP contribution >= 0.6 is 0 Å². The first-order chi connectivity index (χ1) is 8.47. The molecule has 0 aromatic rings. The van der Waals surface area contributed by atoms with Gasteiger partial charge in [0.1, 0.15) is 0 Å². The van der Waals surface area contributed by atoms with E-state index >= 15 is 0 Å². The molecular formula is C17H21. The first kappa shape index (κ1) is 12.2. The van der Waals surface area contributed by atoms with E-state index in [4.69, 9.17) is 0 Å². The van der Waals surface area contributed by atoms with Crippen molar-refractivity contribution in [2.24, 2.45) is 0 Å². The Hall–Kier alpha value is -1.30. The Morgan fingerprint density at radius 2 is 1.53 bits per heavy atom. The van der Waals surface area contributed by atoms with Gasteiger partial charge in [0.15, 0.2) is 0 Å². The molecule has 0 bridgehead atoms. The van der Waals surface area contributed by atoms with Crippen LogP contribution in [0, 0.1) is 6.08 Å². The number of hydrogen-bond acceptors (Lipinski definition) is 0. The topological polar surface area (TPSA) is 0 Å². The van der Waals surface area contributed by atoms with Crippen molar-refractivity contribution in [3.63, 3.8) is 0 Å². The molecule has 0 unspecified atom stereocenters. The van der Waals surface area contributed by atoms with Crippen molar-refractivity contribution in [3.8, 4) is 0 Å². The van der Waals surface area contributed by atoms with Gasteiger partial charge in [-0.05, 0) is 42.9 Å². The standard InChI is InChI=1S/C17H21/c1-2-5-9-13-16(12-8-4-1)17-14-10-6-3-7-11-15-17/h3,6-7,10-11,14-15H,1-2,4-5,8-9,12H2/b6-3+,7-3?,10-6?,11-7-,14-10-,15-11?,16-13?,17-14?,17-15-. The van der Waals surface area contributed by atoms with Gasteiger partial charge in [-0.25, -0.2) is 0 Å². The number of hydrogen-bond donors (Lipinski definition) is 0. The summed E-state index contributed by atoms with van der Waals surface area (Å²) in [6.45, 7) is 0. The number of rotatable bonds is 1. The minimum Gasteiger partial charge on any atom is -0.0623 e. The van der Waals surface area contributed by atoms with Crippen molar-refractivity contribution in [1.29, 1.82) is 0 Å². The molecule has 0 heteroatoms. The molecule has 17 heavy (non-hydrogen) atoms. The molecular weight excluding hydrogens is 204 g/mol. The van der Waals surface area contributed by atoms with Crippen LogP contribution in [0.4, 0.5) is 0 Å². The molecule has 2 aliphatic rings. The summed E-state index contributed by atoms with van der Waals surface area (Å²) in [7, 11) is 0. The Bertz CT molecular complexity index is 375. The third-order valence-electron chi connectivity index (χ3n) is 3.29. The van der Waals surface area contributed by atoms with Gasteiger partial charge in [-0.15, -0.1) is 0 Å². The van der Waals surface area contributed by atoms with Crippen molar-refractivity contribution in [1.82, 2.24) is 0 Å². The molecule has 1 radical (unpaired) electrons. The van der Waals surface area contributed by atoms with Gasteiger partial charge in [0, 0.05) is 0 Å². The van der Waals surface area contributed by atoms with E-state index in [9.17, 15) is 0 Å². The monoisotopic (exact) mass is 225 g/mol. The molecule has 0 saturated carbocycles. The lowest BCUT2D eigenvalue weighted by atomic mass is 9.97. The zero-order valence-corrected chi connectivity index (χ0v) is 10.5. The van der Waals surface area contributed by atoms with Crippen LogP contribution in [0.1, 0.15) is 44.9 Å². The van der Waals surface area contributed by atoms with E-state index in [-0.39, 0.29) is 0 Å². The molecule has 2 aliphatic carbocycles. The molecule has 0 spiro atoms. The van der Waals surface area contributed by atoms with E-state index < -0.39 is 0 Å². The summed E-state index contributed by atoms with van der Waals surface area (Å²) >= 11 is 0. The summed E-state index contributed by atoms with van der Waals surface area (Å²) in [5.41, 5.74) is 2.76. The van der Waals surface area contributed by atoms with Gasteiger partial charge < -0.3 is 0 Å². The van der Waals surface area contributed by atoms with Crippen molar-refractivity contribution < 1.29 is 0 Å². The highest BCUT2D eigenvalue weighted by Gasteiger charge is 2.04. The van der Waals surface area contributed by atoms with Gasteiger partial charge in [-0.1, -0.05) is 61.8 Å². The second-order valence-electron chi connectivity index (χ2n) is 4.67. The van der Waals surface area contributed by atoms with Crippen molar-refractivity contribution in [3.05, 3.63) is 59.8 Å². The second-order valence-corrected chi connectivity index (χ2v) is 4.67. The van der Waals surface area contributed by atoms with E-state index in [1.807, 2.05) is 0 Å². The average molecular weight is 225 g/mol. The quantitative estimate of drug-likeness (QED) is 0.584. The molecule has 0 aliphatic heterocycles. The molecule has 0 aromatic carbocycles. The summed E-state index contributed by atoms with van der Waals surface area (Å²) in [6.07, 6.45) is 27.6. The summed E-state index contributed by atoms with van der Waals surface area (Å²) < 4.78 is 0. The smallest absolute Gasteiger partial charge is 0.0222 e. The van der Waals surface area contributed by atoms with E-state index in [0.29, 0.717) is 0 Å². The average Bonchev–Trinajstić information content (AvgIpc) is 2.42. The maximum atomic E-state index is 3.62. The summed E-state index contributed by atoms with van der Waals surface area (Å²) in [4.78, 5) is 0. The third-order valence-corrected chi connectivity index (χ3v) is 3.29. The zero-order chi connectivity index (χ0) is 11.8. The Labute approximate surface area is 105 Å². The van der Waals surface area contributed by atoms with Crippen LogP contribution in [-0.4, -0.2) is 0 Å². The summed E-state index contributed by atoms with van der Waals surface area (Å²) in [5.74, 6) is 0. The molecule has 0 fully saturated rings. The largest absolute Gasteiger partial charge is 0.0623 e. The van der Waals surface area contributed by atoms with Crippen LogP contribution < -0.4 is 0 Å². The van der Waals surface area contributed by atoms with Crippen LogP contribution in [0.2, 0.25) is 0 Å². The molecule has 0 aromatic heterocycles. The lowest BCUT2D eigenvalue weighted by Gasteiger charge is -2.07. The first-order valence-electron chi connectivity index (χ1n) is 6.78. The second kappa shape index (κ2) is 7.11. The lowest BCUT2D eigenvalue weighted by molar-refractivity contribution is 0.629. The number of allylic oxidation sites excluding steroid dienone is 10. The Morgan fingerprint density at radius 3 is 2.53 bits per heavy atom. The molecule has 0 N–H and O–H groups in total. The van der Waals surface area contributed by atoms with Crippen LogP contribution in [-0.2, 0) is 0 Å². The molecule has 0 atom stereocenters. The Morgan fingerprint density at radius 1 is 0.765 bits per heavy atom. The van der Waals surface area contributed by atoms with Crippen LogP contribution in [0.25, 0.3) is 0 Å². The first-order valence-corrected chi connectivity index (χ1v) is 6.78. The lowest BCUT2D eigenvalue weighted by Crippen LogP contribution is -1.89. The van der Waals surface area contributed by atoms with Crippen LogP contribution in [0.5, 0.6) is 0 Å². The zero-order valence-electron chi connectivity index (χ0n) is 10.5. The highest BCUT2D eigenvalue weighted by atomic mass is 14.1. The fourth-order valence-corrected chi connectivity index (χ4v) is 2.30. The molecule has 2 rings (SSSR count). The van der Waals surface area contributed by atoms with Gasteiger partial charge in [-0.3, -0.25) is 0 Å². The molecule has 0 nitrogen and oxygen atoms in total. The predicted molar refractivity (Wildman–Crippen MR) is 74.6 cm³/mol.